The third-order valence-electron chi connectivity index (χ3n) is 4.39. The molecule has 1 heterocycles. The Morgan fingerprint density at radius 1 is 1.03 bits per heavy atom. The van der Waals surface area contributed by atoms with Gasteiger partial charge in [0.1, 0.15) is 18.1 Å². The van der Waals surface area contributed by atoms with Crippen LogP contribution in [0.1, 0.15) is 25.7 Å². The highest BCUT2D eigenvalue weighted by Gasteiger charge is 2.38. The molecule has 0 radical (unpaired) electrons. The second-order valence-electron chi connectivity index (χ2n) is 6.71. The molecule has 0 bridgehead atoms. The van der Waals surface area contributed by atoms with Gasteiger partial charge >= 0.3 is 11.9 Å². The van der Waals surface area contributed by atoms with E-state index in [1.54, 1.807) is 0 Å². The minimum atomic E-state index is -1.69. The van der Waals surface area contributed by atoms with E-state index in [1.807, 2.05) is 5.32 Å². The van der Waals surface area contributed by atoms with Crippen molar-refractivity contribution in [2.75, 3.05) is 13.2 Å². The number of carboxylic acids is 2. The van der Waals surface area contributed by atoms with E-state index in [2.05, 4.69) is 5.32 Å². The number of nitrogens with two attached hydrogens (primary N) is 2. The monoisotopic (exact) mass is 431 g/mol. The molecule has 0 spiro atoms. The molecule has 1 aliphatic heterocycles. The van der Waals surface area contributed by atoms with Crippen LogP contribution in [-0.2, 0) is 28.8 Å². The molecule has 0 saturated carbocycles. The summed E-state index contributed by atoms with van der Waals surface area (Å²) in [6, 6.07) is -5.66. The van der Waals surface area contributed by atoms with Crippen LogP contribution in [0.3, 0.4) is 0 Å². The summed E-state index contributed by atoms with van der Waals surface area (Å²) in [5.74, 6) is -6.47. The second-order valence-corrected chi connectivity index (χ2v) is 6.71. The lowest BCUT2D eigenvalue weighted by Crippen LogP contribution is -2.57. The molecule has 168 valence electrons. The summed E-state index contributed by atoms with van der Waals surface area (Å²) in [5.41, 5.74) is 10.6. The van der Waals surface area contributed by atoms with Gasteiger partial charge in [-0.15, -0.1) is 0 Å². The number of primary amides is 1. The molecule has 30 heavy (non-hydrogen) atoms. The number of amides is 4. The molecular weight excluding hydrogens is 406 g/mol. The van der Waals surface area contributed by atoms with E-state index >= 15 is 0 Å². The lowest BCUT2D eigenvalue weighted by molar-refractivity contribution is -0.145. The number of nitrogens with one attached hydrogen (secondary N) is 2. The highest BCUT2D eigenvalue weighted by molar-refractivity contribution is 5.96. The fourth-order valence-corrected chi connectivity index (χ4v) is 2.93. The summed E-state index contributed by atoms with van der Waals surface area (Å²) in [6.07, 6.45) is -0.659. The van der Waals surface area contributed by atoms with Gasteiger partial charge in [0.05, 0.1) is 25.5 Å². The molecule has 0 aromatic heterocycles. The lowest BCUT2D eigenvalue weighted by Gasteiger charge is -2.28. The summed E-state index contributed by atoms with van der Waals surface area (Å²) in [4.78, 5) is 71.3. The van der Waals surface area contributed by atoms with Crippen molar-refractivity contribution in [1.82, 2.24) is 15.5 Å². The number of rotatable bonds is 11. The number of aliphatic carboxylic acids is 2. The normalized spacial score (nSPS) is 18.7. The molecule has 1 aliphatic rings. The van der Waals surface area contributed by atoms with E-state index in [0.29, 0.717) is 6.42 Å². The minimum absolute atomic E-state index is 0.158. The maximum atomic E-state index is 12.6. The number of likely N-dealkylation sites (tertiary alicyclic amines) is 1. The number of carbonyl (C=O) groups is 6. The zero-order valence-electron chi connectivity index (χ0n) is 15.9. The maximum Gasteiger partial charge on any atom is 0.328 e. The van der Waals surface area contributed by atoms with E-state index in [1.165, 1.54) is 0 Å². The van der Waals surface area contributed by atoms with Crippen LogP contribution in [0.5, 0.6) is 0 Å². The van der Waals surface area contributed by atoms with E-state index in [9.17, 15) is 28.8 Å². The summed E-state index contributed by atoms with van der Waals surface area (Å²) < 4.78 is 0. The van der Waals surface area contributed by atoms with Crippen molar-refractivity contribution in [3.05, 3.63) is 0 Å². The van der Waals surface area contributed by atoms with Crippen LogP contribution in [0.15, 0.2) is 0 Å². The number of nitrogens with zero attached hydrogens (tertiary/aromatic N) is 1. The van der Waals surface area contributed by atoms with Gasteiger partial charge < -0.3 is 42.3 Å². The average Bonchev–Trinajstić information content (AvgIpc) is 3.13. The Hall–Kier alpha value is -3.26. The Bertz CT molecular complexity index is 713. The first kappa shape index (κ1) is 24.8. The maximum absolute atomic E-state index is 12.6. The topological polar surface area (TPSA) is 242 Å². The van der Waals surface area contributed by atoms with Gasteiger partial charge in [0.2, 0.25) is 23.6 Å². The highest BCUT2D eigenvalue weighted by atomic mass is 16.4. The fraction of sp³-hybridized carbons (Fsp3) is 0.625. The van der Waals surface area contributed by atoms with E-state index in [-0.39, 0.29) is 13.0 Å². The molecule has 14 heteroatoms. The first-order valence-electron chi connectivity index (χ1n) is 8.98. The Kier molecular flexibility index (Phi) is 9.14. The van der Waals surface area contributed by atoms with Crippen LogP contribution in [0.4, 0.5) is 0 Å². The van der Waals surface area contributed by atoms with Crippen molar-refractivity contribution in [2.45, 2.75) is 49.9 Å². The lowest BCUT2D eigenvalue weighted by atomic mass is 10.1. The highest BCUT2D eigenvalue weighted by Crippen LogP contribution is 2.19. The third kappa shape index (κ3) is 6.97. The molecule has 1 rings (SSSR count). The predicted molar refractivity (Wildman–Crippen MR) is 97.4 cm³/mol. The summed E-state index contributed by atoms with van der Waals surface area (Å²) in [5, 5.41) is 31.0. The van der Waals surface area contributed by atoms with E-state index in [0.717, 1.165) is 4.90 Å². The molecule has 14 nitrogen and oxygen atoms in total. The zero-order valence-corrected chi connectivity index (χ0v) is 15.9. The van der Waals surface area contributed by atoms with Crippen molar-refractivity contribution in [3.63, 3.8) is 0 Å². The number of hydrogen-bond donors (Lipinski definition) is 7. The summed E-state index contributed by atoms with van der Waals surface area (Å²) in [6.45, 7) is -0.789. The van der Waals surface area contributed by atoms with Crippen molar-refractivity contribution >= 4 is 35.6 Å². The van der Waals surface area contributed by atoms with Gasteiger partial charge in [-0.25, -0.2) is 4.79 Å². The van der Waals surface area contributed by atoms with Gasteiger partial charge in [-0.1, -0.05) is 0 Å². The smallest absolute Gasteiger partial charge is 0.328 e. The predicted octanol–water partition coefficient (Wildman–Crippen LogP) is -4.30. The van der Waals surface area contributed by atoms with E-state index in [4.69, 9.17) is 26.8 Å². The fourth-order valence-electron chi connectivity index (χ4n) is 2.93. The van der Waals surface area contributed by atoms with Crippen LogP contribution >= 0.6 is 0 Å². The van der Waals surface area contributed by atoms with Crippen LogP contribution in [0.2, 0.25) is 0 Å². The Labute approximate surface area is 170 Å². The van der Waals surface area contributed by atoms with Gasteiger partial charge in [-0.05, 0) is 12.8 Å². The first-order chi connectivity index (χ1) is 14.0. The molecule has 4 amide bonds. The average molecular weight is 431 g/mol. The number of aliphatic hydroxyl groups is 1. The molecular formula is C16H25N5O9. The van der Waals surface area contributed by atoms with Crippen LogP contribution in [-0.4, -0.2) is 93.1 Å². The van der Waals surface area contributed by atoms with Gasteiger partial charge in [-0.3, -0.25) is 24.0 Å². The van der Waals surface area contributed by atoms with Crippen molar-refractivity contribution in [1.29, 1.82) is 0 Å². The Morgan fingerprint density at radius 3 is 2.17 bits per heavy atom. The molecule has 1 saturated heterocycles. The number of carboxylic acid groups (broad SMARTS) is 2. The SMILES string of the molecule is NC(=O)CC(N)C(=O)N1CCCC1C(=O)NC(CC(=O)O)C(=O)NC(CO)C(=O)O. The van der Waals surface area contributed by atoms with Crippen LogP contribution < -0.4 is 22.1 Å². The minimum Gasteiger partial charge on any atom is -0.481 e. The number of aliphatic hydroxyl groups excluding tert-OH is 1. The number of carbonyl (C=O) groups excluding carboxylic acids is 4. The van der Waals surface area contributed by atoms with Crippen LogP contribution in [0, 0.1) is 0 Å². The second kappa shape index (κ2) is 11.1. The standard InChI is InChI=1S/C16H25N5O9/c17-7(4-11(18)23)15(28)21-3-1-2-10(21)14(27)19-8(5-12(24)25)13(26)20-9(6-22)16(29)30/h7-10,22H,1-6,17H2,(H2,18,23)(H,19,27)(H,20,26)(H,24,25)(H,29,30). The molecule has 0 aromatic carbocycles. The quantitative estimate of drug-likeness (QED) is 0.166. The van der Waals surface area contributed by atoms with Gasteiger partial charge in [0.25, 0.3) is 0 Å². The summed E-state index contributed by atoms with van der Waals surface area (Å²) >= 11 is 0. The van der Waals surface area contributed by atoms with E-state index < -0.39 is 79.2 Å². The van der Waals surface area contributed by atoms with Crippen LogP contribution in [0.25, 0.3) is 0 Å². The first-order valence-corrected chi connectivity index (χ1v) is 8.98. The molecule has 9 N–H and O–H groups in total. The van der Waals surface area contributed by atoms with Gasteiger partial charge in [-0.2, -0.15) is 0 Å². The van der Waals surface area contributed by atoms with Crippen molar-refractivity contribution < 1.29 is 44.1 Å². The molecule has 4 atom stereocenters. The Morgan fingerprint density at radius 2 is 1.67 bits per heavy atom. The molecule has 4 unspecified atom stereocenters. The van der Waals surface area contributed by atoms with Gasteiger partial charge in [0.15, 0.2) is 0 Å². The van der Waals surface area contributed by atoms with Gasteiger partial charge in [0, 0.05) is 6.54 Å². The molecule has 1 fully saturated rings. The van der Waals surface area contributed by atoms with Crippen molar-refractivity contribution in [2.24, 2.45) is 11.5 Å². The molecule has 0 aromatic rings. The zero-order chi connectivity index (χ0) is 23.0. The Balaban J connectivity index is 2.90. The third-order valence-corrected chi connectivity index (χ3v) is 4.39. The number of hydrogen-bond acceptors (Lipinski definition) is 8. The molecule has 0 aliphatic carbocycles. The van der Waals surface area contributed by atoms with Crippen molar-refractivity contribution in [3.8, 4) is 0 Å². The largest absolute Gasteiger partial charge is 0.481 e. The summed E-state index contributed by atoms with van der Waals surface area (Å²) in [7, 11) is 0.